The van der Waals surface area contributed by atoms with Gasteiger partial charge in [-0.1, -0.05) is 0 Å². The van der Waals surface area contributed by atoms with Gasteiger partial charge in [0.2, 0.25) is 5.85 Å². The number of rotatable bonds is 0. The van der Waals surface area contributed by atoms with Gasteiger partial charge in [-0.05, 0) is 6.42 Å². The number of urea groups is 1. The smallest absolute Gasteiger partial charge is 0.322 e. The lowest BCUT2D eigenvalue weighted by atomic mass is 10.2. The van der Waals surface area contributed by atoms with E-state index < -0.39 is 5.85 Å². The third kappa shape index (κ3) is 0.595. The van der Waals surface area contributed by atoms with E-state index in [9.17, 15) is 4.79 Å². The molecule has 2 aliphatic rings. The van der Waals surface area contributed by atoms with Crippen molar-refractivity contribution in [2.24, 2.45) is 0 Å². The molecule has 0 atom stereocenters. The molecule has 0 bridgehead atoms. The van der Waals surface area contributed by atoms with Gasteiger partial charge in [-0.25, -0.2) is 4.79 Å². The van der Waals surface area contributed by atoms with Gasteiger partial charge in [0.15, 0.2) is 0 Å². The average molecular weight is 127 g/mol. The van der Waals surface area contributed by atoms with Crippen LogP contribution in [0.3, 0.4) is 0 Å². The fourth-order valence-corrected chi connectivity index (χ4v) is 1.05. The first kappa shape index (κ1) is 5.05. The van der Waals surface area contributed by atoms with Crippen LogP contribution < -0.4 is 10.6 Å². The molecule has 0 aromatic heterocycles. The highest BCUT2D eigenvalue weighted by atomic mass is 16.5. The summed E-state index contributed by atoms with van der Waals surface area (Å²) in [6.45, 7) is 0.688. The molecule has 4 heteroatoms. The first-order chi connectivity index (χ1) is 4.31. The molecule has 0 aromatic rings. The van der Waals surface area contributed by atoms with E-state index in [0.29, 0.717) is 6.61 Å². The van der Waals surface area contributed by atoms with E-state index in [4.69, 9.17) is 4.74 Å². The maximum Gasteiger partial charge on any atom is 0.322 e. The summed E-state index contributed by atoms with van der Waals surface area (Å²) >= 11 is 0. The zero-order valence-corrected chi connectivity index (χ0v) is 4.81. The molecule has 0 unspecified atom stereocenters. The predicted octanol–water partition coefficient (Wildman–Crippen LogP) is -0.422. The van der Waals surface area contributed by atoms with Gasteiger partial charge in [-0.15, -0.1) is 0 Å². The fraction of sp³-hybridized carbons (Fsp3) is 0.600. The predicted molar refractivity (Wildman–Crippen MR) is 29.3 cm³/mol. The number of carbonyl (C=O) groups is 1. The van der Waals surface area contributed by atoms with Crippen molar-refractivity contribution < 1.29 is 9.53 Å². The van der Waals surface area contributed by atoms with E-state index in [0.717, 1.165) is 6.42 Å². The number of hydrogen-bond donors (Lipinski definition) is 2. The first-order valence-corrected chi connectivity index (χ1v) is 2.89. The Morgan fingerprint density at radius 3 is 2.89 bits per heavy atom. The number of carbonyl (C=O) groups excluding carboxylic acids is 1. The van der Waals surface area contributed by atoms with Crippen LogP contribution in [-0.2, 0) is 4.74 Å². The van der Waals surface area contributed by atoms with Crippen LogP contribution in [0.2, 0.25) is 0 Å². The number of amides is 2. The first-order valence-electron chi connectivity index (χ1n) is 2.89. The van der Waals surface area contributed by atoms with E-state index in [1.54, 1.807) is 0 Å². The second kappa shape index (κ2) is 1.39. The molecular weight excluding hydrogens is 120 g/mol. The average Bonchev–Trinajstić information content (AvgIpc) is 2.12. The van der Waals surface area contributed by atoms with Crippen molar-refractivity contribution in [2.45, 2.75) is 12.3 Å². The standard InChI is InChI=1S/C5H7N2O2/c8-4-6-5(7-4)2-1-3-9-5/h2H,1,3H2,(H2,6,7,8). The van der Waals surface area contributed by atoms with Gasteiger partial charge in [-0.2, -0.15) is 0 Å². The quantitative estimate of drug-likeness (QED) is 0.464. The molecule has 2 rings (SSSR count). The van der Waals surface area contributed by atoms with Crippen LogP contribution in [0.1, 0.15) is 6.42 Å². The number of hydrogen-bond acceptors (Lipinski definition) is 2. The van der Waals surface area contributed by atoms with Crippen molar-refractivity contribution in [1.29, 1.82) is 0 Å². The van der Waals surface area contributed by atoms with Gasteiger partial charge >= 0.3 is 6.03 Å². The van der Waals surface area contributed by atoms with Crippen LogP contribution in [0.4, 0.5) is 4.79 Å². The lowest BCUT2D eigenvalue weighted by Gasteiger charge is -2.38. The van der Waals surface area contributed by atoms with Crippen molar-refractivity contribution >= 4 is 6.03 Å². The summed E-state index contributed by atoms with van der Waals surface area (Å²) in [6.07, 6.45) is 2.81. The molecule has 2 aliphatic heterocycles. The highest BCUT2D eigenvalue weighted by molar-refractivity contribution is 5.81. The lowest BCUT2D eigenvalue weighted by Crippen LogP contribution is -2.74. The van der Waals surface area contributed by atoms with Gasteiger partial charge in [0.25, 0.3) is 0 Å². The molecule has 2 amide bonds. The third-order valence-corrected chi connectivity index (χ3v) is 1.48. The van der Waals surface area contributed by atoms with E-state index in [2.05, 4.69) is 10.6 Å². The summed E-state index contributed by atoms with van der Waals surface area (Å²) in [4.78, 5) is 10.3. The summed E-state index contributed by atoms with van der Waals surface area (Å²) < 4.78 is 5.15. The summed E-state index contributed by atoms with van der Waals surface area (Å²) in [7, 11) is 0. The molecule has 1 radical (unpaired) electrons. The Kier molecular flexibility index (Phi) is 0.778. The summed E-state index contributed by atoms with van der Waals surface area (Å²) in [6, 6.07) is -0.159. The van der Waals surface area contributed by atoms with Crippen molar-refractivity contribution in [3.63, 3.8) is 0 Å². The van der Waals surface area contributed by atoms with Crippen LogP contribution in [0, 0.1) is 6.42 Å². The van der Waals surface area contributed by atoms with Gasteiger partial charge < -0.3 is 4.74 Å². The normalized spacial score (nSPS) is 29.1. The van der Waals surface area contributed by atoms with Crippen LogP contribution in [0.5, 0.6) is 0 Å². The fourth-order valence-electron chi connectivity index (χ4n) is 1.05. The SMILES string of the molecule is O=C1NC2([CH]CCO2)N1. The Bertz CT molecular complexity index is 141. The Balaban J connectivity index is 2.03. The topological polar surface area (TPSA) is 50.4 Å². The van der Waals surface area contributed by atoms with Gasteiger partial charge in [0.1, 0.15) is 0 Å². The molecular formula is C5H7N2O2. The van der Waals surface area contributed by atoms with Crippen molar-refractivity contribution in [1.82, 2.24) is 10.6 Å². The summed E-state index contributed by atoms with van der Waals surface area (Å²) in [5.74, 6) is -0.586. The molecule has 2 heterocycles. The van der Waals surface area contributed by atoms with Gasteiger partial charge in [0, 0.05) is 6.42 Å². The minimum Gasteiger partial charge on any atom is -0.338 e. The largest absolute Gasteiger partial charge is 0.338 e. The van der Waals surface area contributed by atoms with Crippen LogP contribution in [0.15, 0.2) is 0 Å². The molecule has 2 fully saturated rings. The Morgan fingerprint density at radius 2 is 2.44 bits per heavy atom. The highest BCUT2D eigenvalue weighted by Crippen LogP contribution is 2.22. The molecule has 0 saturated carbocycles. The molecule has 49 valence electrons. The van der Waals surface area contributed by atoms with Gasteiger partial charge in [0.05, 0.1) is 6.61 Å². The zero-order chi connectivity index (χ0) is 6.32. The molecule has 4 nitrogen and oxygen atoms in total. The second-order valence-corrected chi connectivity index (χ2v) is 2.16. The number of ether oxygens (including phenoxy) is 1. The van der Waals surface area contributed by atoms with E-state index >= 15 is 0 Å². The molecule has 2 N–H and O–H groups in total. The Hall–Kier alpha value is -0.770. The molecule has 1 spiro atoms. The molecule has 0 aromatic carbocycles. The molecule has 9 heavy (non-hydrogen) atoms. The van der Waals surface area contributed by atoms with Crippen LogP contribution in [-0.4, -0.2) is 18.5 Å². The van der Waals surface area contributed by atoms with Crippen molar-refractivity contribution in [3.05, 3.63) is 6.42 Å². The van der Waals surface area contributed by atoms with E-state index in [1.165, 1.54) is 0 Å². The van der Waals surface area contributed by atoms with Gasteiger partial charge in [-0.3, -0.25) is 10.6 Å². The monoisotopic (exact) mass is 127 g/mol. The minimum atomic E-state index is -0.586. The Labute approximate surface area is 52.6 Å². The highest BCUT2D eigenvalue weighted by Gasteiger charge is 2.46. The number of nitrogens with one attached hydrogen (secondary N) is 2. The van der Waals surface area contributed by atoms with E-state index in [1.807, 2.05) is 6.42 Å². The van der Waals surface area contributed by atoms with E-state index in [-0.39, 0.29) is 6.03 Å². The van der Waals surface area contributed by atoms with Crippen LogP contribution >= 0.6 is 0 Å². The maximum absolute atomic E-state index is 10.3. The van der Waals surface area contributed by atoms with Crippen molar-refractivity contribution in [3.8, 4) is 0 Å². The Morgan fingerprint density at radius 1 is 1.67 bits per heavy atom. The van der Waals surface area contributed by atoms with Crippen LogP contribution in [0.25, 0.3) is 0 Å². The summed E-state index contributed by atoms with van der Waals surface area (Å²) in [5.41, 5.74) is 0. The molecule has 2 saturated heterocycles. The summed E-state index contributed by atoms with van der Waals surface area (Å²) in [5, 5.41) is 5.18. The maximum atomic E-state index is 10.3. The lowest BCUT2D eigenvalue weighted by molar-refractivity contribution is -0.0459. The van der Waals surface area contributed by atoms with Crippen molar-refractivity contribution in [2.75, 3.05) is 6.61 Å². The second-order valence-electron chi connectivity index (χ2n) is 2.16. The minimum absolute atomic E-state index is 0.159. The third-order valence-electron chi connectivity index (χ3n) is 1.48. The molecule has 0 aliphatic carbocycles. The zero-order valence-electron chi connectivity index (χ0n) is 4.81.